The standard InChI is InChI=1S/C9H8ClN5O2/c1-6-4-7(15(16)17)2-3-8(6)14-9(5-10)11-12-13-14/h2-4H,5H2,1H3. The molecule has 17 heavy (non-hydrogen) atoms. The second-order valence-corrected chi connectivity index (χ2v) is 3.64. The van der Waals surface area contributed by atoms with Gasteiger partial charge in [0.15, 0.2) is 5.82 Å². The fourth-order valence-corrected chi connectivity index (χ4v) is 1.63. The molecule has 1 heterocycles. The lowest BCUT2D eigenvalue weighted by Gasteiger charge is -2.05. The van der Waals surface area contributed by atoms with Crippen molar-refractivity contribution in [2.75, 3.05) is 0 Å². The van der Waals surface area contributed by atoms with E-state index in [-0.39, 0.29) is 11.6 Å². The molecule has 0 aliphatic heterocycles. The Labute approximate surface area is 101 Å². The van der Waals surface area contributed by atoms with Crippen LogP contribution >= 0.6 is 11.6 Å². The number of nitrogens with zero attached hydrogens (tertiary/aromatic N) is 5. The summed E-state index contributed by atoms with van der Waals surface area (Å²) in [6.07, 6.45) is 0. The van der Waals surface area contributed by atoms with E-state index in [1.165, 1.54) is 16.8 Å². The second-order valence-electron chi connectivity index (χ2n) is 3.37. The molecule has 0 bridgehead atoms. The van der Waals surface area contributed by atoms with Gasteiger partial charge < -0.3 is 0 Å². The molecule has 0 N–H and O–H groups in total. The minimum absolute atomic E-state index is 0.0340. The molecule has 0 aliphatic carbocycles. The van der Waals surface area contributed by atoms with Crippen molar-refractivity contribution in [3.8, 4) is 5.69 Å². The average molecular weight is 254 g/mol. The van der Waals surface area contributed by atoms with Crippen LogP contribution in [0, 0.1) is 17.0 Å². The molecule has 0 amide bonds. The molecule has 1 aromatic carbocycles. The maximum atomic E-state index is 10.6. The highest BCUT2D eigenvalue weighted by Crippen LogP contribution is 2.20. The molecular formula is C9H8ClN5O2. The molecule has 0 aliphatic rings. The number of non-ortho nitro benzene ring substituents is 1. The second kappa shape index (κ2) is 4.46. The maximum absolute atomic E-state index is 10.6. The first-order chi connectivity index (χ1) is 8.13. The molecule has 0 saturated carbocycles. The highest BCUT2D eigenvalue weighted by molar-refractivity contribution is 6.16. The number of aryl methyl sites for hydroxylation is 1. The number of aromatic nitrogens is 4. The first-order valence-corrected chi connectivity index (χ1v) is 5.25. The van der Waals surface area contributed by atoms with Crippen molar-refractivity contribution >= 4 is 17.3 Å². The molecule has 0 unspecified atom stereocenters. The van der Waals surface area contributed by atoms with Crippen LogP contribution < -0.4 is 0 Å². The van der Waals surface area contributed by atoms with E-state index in [1.54, 1.807) is 13.0 Å². The highest BCUT2D eigenvalue weighted by atomic mass is 35.5. The van der Waals surface area contributed by atoms with E-state index in [1.807, 2.05) is 0 Å². The van der Waals surface area contributed by atoms with Crippen molar-refractivity contribution in [2.24, 2.45) is 0 Å². The Hall–Kier alpha value is -2.02. The van der Waals surface area contributed by atoms with Crippen LogP contribution in [0.4, 0.5) is 5.69 Å². The van der Waals surface area contributed by atoms with E-state index in [9.17, 15) is 10.1 Å². The molecule has 2 rings (SSSR count). The van der Waals surface area contributed by atoms with Gasteiger partial charge >= 0.3 is 0 Å². The average Bonchev–Trinajstić information content (AvgIpc) is 2.76. The number of tetrazole rings is 1. The summed E-state index contributed by atoms with van der Waals surface area (Å²) >= 11 is 5.69. The van der Waals surface area contributed by atoms with E-state index < -0.39 is 4.92 Å². The minimum atomic E-state index is -0.446. The molecule has 0 fully saturated rings. The molecule has 1 aromatic heterocycles. The lowest BCUT2D eigenvalue weighted by molar-refractivity contribution is -0.384. The predicted molar refractivity (Wildman–Crippen MR) is 60.1 cm³/mol. The molecule has 7 nitrogen and oxygen atoms in total. The zero-order chi connectivity index (χ0) is 12.4. The number of alkyl halides is 1. The fourth-order valence-electron chi connectivity index (χ4n) is 1.47. The Kier molecular flexibility index (Phi) is 3.01. The highest BCUT2D eigenvalue weighted by Gasteiger charge is 2.13. The number of nitro benzene ring substituents is 1. The van der Waals surface area contributed by atoms with Gasteiger partial charge in [-0.3, -0.25) is 10.1 Å². The van der Waals surface area contributed by atoms with Crippen LogP contribution in [0.3, 0.4) is 0 Å². The molecule has 0 saturated heterocycles. The molecular weight excluding hydrogens is 246 g/mol. The summed E-state index contributed by atoms with van der Waals surface area (Å²) in [5, 5.41) is 21.7. The van der Waals surface area contributed by atoms with Crippen molar-refractivity contribution in [2.45, 2.75) is 12.8 Å². The molecule has 2 aromatic rings. The maximum Gasteiger partial charge on any atom is 0.269 e. The third kappa shape index (κ3) is 2.09. The van der Waals surface area contributed by atoms with Gasteiger partial charge in [0, 0.05) is 12.1 Å². The zero-order valence-corrected chi connectivity index (χ0v) is 9.63. The molecule has 88 valence electrons. The quantitative estimate of drug-likeness (QED) is 0.471. The van der Waals surface area contributed by atoms with Crippen molar-refractivity contribution < 1.29 is 4.92 Å². The van der Waals surface area contributed by atoms with Crippen molar-refractivity contribution in [1.82, 2.24) is 20.2 Å². The summed E-state index contributed by atoms with van der Waals surface area (Å²) < 4.78 is 1.46. The first kappa shape index (κ1) is 11.5. The number of hydrogen-bond donors (Lipinski definition) is 0. The van der Waals surface area contributed by atoms with Gasteiger partial charge in [0.1, 0.15) is 0 Å². The van der Waals surface area contributed by atoms with Gasteiger partial charge in [-0.2, -0.15) is 4.68 Å². The third-order valence-corrected chi connectivity index (χ3v) is 2.51. The number of hydrogen-bond acceptors (Lipinski definition) is 5. The molecule has 0 atom stereocenters. The lowest BCUT2D eigenvalue weighted by atomic mass is 10.2. The predicted octanol–water partition coefficient (Wildman–Crippen LogP) is 1.62. The Morgan fingerprint density at radius 3 is 2.88 bits per heavy atom. The SMILES string of the molecule is Cc1cc([N+](=O)[O-])ccc1-n1nnnc1CCl. The van der Waals surface area contributed by atoms with Crippen LogP contribution in [-0.2, 0) is 5.88 Å². The summed E-state index contributed by atoms with van der Waals surface area (Å²) in [7, 11) is 0. The number of rotatable bonds is 3. The van der Waals surface area contributed by atoms with Crippen LogP contribution in [0.1, 0.15) is 11.4 Å². The van der Waals surface area contributed by atoms with Gasteiger partial charge in [0.05, 0.1) is 16.5 Å². The van der Waals surface area contributed by atoms with Crippen LogP contribution in [0.15, 0.2) is 18.2 Å². The minimum Gasteiger partial charge on any atom is -0.258 e. The van der Waals surface area contributed by atoms with E-state index in [0.29, 0.717) is 17.1 Å². The van der Waals surface area contributed by atoms with Gasteiger partial charge in [-0.25, -0.2) is 0 Å². The monoisotopic (exact) mass is 253 g/mol. The van der Waals surface area contributed by atoms with Crippen molar-refractivity contribution in [1.29, 1.82) is 0 Å². The third-order valence-electron chi connectivity index (χ3n) is 2.27. The zero-order valence-electron chi connectivity index (χ0n) is 8.87. The van der Waals surface area contributed by atoms with Gasteiger partial charge in [-0.15, -0.1) is 16.7 Å². The van der Waals surface area contributed by atoms with Crippen molar-refractivity contribution in [3.63, 3.8) is 0 Å². The van der Waals surface area contributed by atoms with Crippen LogP contribution in [0.25, 0.3) is 5.69 Å². The van der Waals surface area contributed by atoms with Gasteiger partial charge in [0.2, 0.25) is 0 Å². The van der Waals surface area contributed by atoms with E-state index in [2.05, 4.69) is 15.5 Å². The number of halogens is 1. The van der Waals surface area contributed by atoms with Gasteiger partial charge in [0.25, 0.3) is 5.69 Å². The summed E-state index contributed by atoms with van der Waals surface area (Å²) in [5.41, 5.74) is 1.42. The van der Waals surface area contributed by atoms with Crippen LogP contribution in [-0.4, -0.2) is 25.1 Å². The summed E-state index contributed by atoms with van der Waals surface area (Å²) in [4.78, 5) is 10.2. The lowest BCUT2D eigenvalue weighted by Crippen LogP contribution is -2.04. The summed E-state index contributed by atoms with van der Waals surface area (Å²) in [6.45, 7) is 1.75. The Bertz CT molecular complexity index is 568. The summed E-state index contributed by atoms with van der Waals surface area (Å²) in [6, 6.07) is 4.47. The number of nitro groups is 1. The topological polar surface area (TPSA) is 86.7 Å². The molecule has 8 heteroatoms. The van der Waals surface area contributed by atoms with Crippen LogP contribution in [0.5, 0.6) is 0 Å². The Morgan fingerprint density at radius 2 is 2.29 bits per heavy atom. The fraction of sp³-hybridized carbons (Fsp3) is 0.222. The van der Waals surface area contributed by atoms with E-state index >= 15 is 0 Å². The van der Waals surface area contributed by atoms with E-state index in [4.69, 9.17) is 11.6 Å². The Morgan fingerprint density at radius 1 is 1.53 bits per heavy atom. The first-order valence-electron chi connectivity index (χ1n) is 4.72. The van der Waals surface area contributed by atoms with E-state index in [0.717, 1.165) is 0 Å². The normalized spacial score (nSPS) is 10.5. The largest absolute Gasteiger partial charge is 0.269 e. The number of benzene rings is 1. The summed E-state index contributed by atoms with van der Waals surface area (Å²) in [5.74, 6) is 0.660. The Balaban J connectivity index is 2.50. The molecule has 0 spiro atoms. The van der Waals surface area contributed by atoms with Crippen LogP contribution in [0.2, 0.25) is 0 Å². The van der Waals surface area contributed by atoms with Gasteiger partial charge in [-0.1, -0.05) is 0 Å². The molecule has 0 radical (unpaired) electrons. The van der Waals surface area contributed by atoms with Crippen molar-refractivity contribution in [3.05, 3.63) is 39.7 Å². The smallest absolute Gasteiger partial charge is 0.258 e. The van der Waals surface area contributed by atoms with Gasteiger partial charge in [-0.05, 0) is 29.0 Å².